The molecule has 5 heteroatoms. The predicted molar refractivity (Wildman–Crippen MR) is 42.7 cm³/mol. The van der Waals surface area contributed by atoms with E-state index in [1.807, 2.05) is 6.92 Å². The quantitative estimate of drug-likeness (QED) is 0.674. The standard InChI is InChI=1S/C6H10N2O2S/c1-3-10-4-8-6(9)11-5(2)7-8/h3-4H2,1-2H3. The lowest BCUT2D eigenvalue weighted by atomic mass is 10.9. The van der Waals surface area contributed by atoms with E-state index in [-0.39, 0.29) is 11.6 Å². The van der Waals surface area contributed by atoms with Gasteiger partial charge in [-0.15, -0.1) is 0 Å². The van der Waals surface area contributed by atoms with E-state index < -0.39 is 0 Å². The van der Waals surface area contributed by atoms with E-state index in [9.17, 15) is 4.79 Å². The second-order valence-electron chi connectivity index (χ2n) is 2.01. The molecule has 0 aliphatic heterocycles. The maximum Gasteiger partial charge on any atom is 0.327 e. The minimum atomic E-state index is -0.0593. The van der Waals surface area contributed by atoms with Crippen molar-refractivity contribution in [3.05, 3.63) is 14.7 Å². The number of rotatable bonds is 3. The second-order valence-corrected chi connectivity index (χ2v) is 3.15. The van der Waals surface area contributed by atoms with Crippen LogP contribution in [-0.2, 0) is 11.5 Å². The maximum absolute atomic E-state index is 11.0. The van der Waals surface area contributed by atoms with Gasteiger partial charge in [-0.05, 0) is 13.8 Å². The third kappa shape index (κ3) is 2.13. The van der Waals surface area contributed by atoms with E-state index >= 15 is 0 Å². The van der Waals surface area contributed by atoms with Gasteiger partial charge in [0.15, 0.2) is 0 Å². The van der Waals surface area contributed by atoms with Crippen LogP contribution in [-0.4, -0.2) is 16.4 Å². The molecule has 0 bridgehead atoms. The van der Waals surface area contributed by atoms with Crippen LogP contribution in [0, 0.1) is 6.92 Å². The maximum atomic E-state index is 11.0. The third-order valence-electron chi connectivity index (χ3n) is 1.12. The molecule has 1 heterocycles. The van der Waals surface area contributed by atoms with Gasteiger partial charge in [0.25, 0.3) is 0 Å². The summed E-state index contributed by atoms with van der Waals surface area (Å²) < 4.78 is 6.34. The van der Waals surface area contributed by atoms with Crippen molar-refractivity contribution in [2.24, 2.45) is 0 Å². The third-order valence-corrected chi connectivity index (χ3v) is 1.89. The van der Waals surface area contributed by atoms with Crippen LogP contribution >= 0.6 is 11.3 Å². The van der Waals surface area contributed by atoms with Crippen molar-refractivity contribution in [2.45, 2.75) is 20.6 Å². The second kappa shape index (κ2) is 3.64. The monoisotopic (exact) mass is 174 g/mol. The Hall–Kier alpha value is -0.680. The van der Waals surface area contributed by atoms with E-state index in [2.05, 4.69) is 5.10 Å². The summed E-state index contributed by atoms with van der Waals surface area (Å²) in [5.41, 5.74) is 0. The number of nitrogens with zero attached hydrogens (tertiary/aromatic N) is 2. The van der Waals surface area contributed by atoms with Crippen molar-refractivity contribution in [3.8, 4) is 0 Å². The highest BCUT2D eigenvalue weighted by atomic mass is 32.1. The molecule has 4 nitrogen and oxygen atoms in total. The van der Waals surface area contributed by atoms with Crippen LogP contribution in [0.2, 0.25) is 0 Å². The SMILES string of the molecule is CCOCn1nc(C)sc1=O. The zero-order valence-electron chi connectivity index (χ0n) is 6.53. The van der Waals surface area contributed by atoms with E-state index in [4.69, 9.17) is 4.74 Å². The van der Waals surface area contributed by atoms with Crippen LogP contribution in [0.15, 0.2) is 4.79 Å². The van der Waals surface area contributed by atoms with Crippen LogP contribution < -0.4 is 4.87 Å². The smallest absolute Gasteiger partial charge is 0.327 e. The summed E-state index contributed by atoms with van der Waals surface area (Å²) in [5, 5.41) is 4.72. The Morgan fingerprint density at radius 1 is 1.73 bits per heavy atom. The highest BCUT2D eigenvalue weighted by molar-refractivity contribution is 7.08. The van der Waals surface area contributed by atoms with E-state index in [0.717, 1.165) is 16.3 Å². The van der Waals surface area contributed by atoms with Gasteiger partial charge in [0.2, 0.25) is 0 Å². The molecule has 0 spiro atoms. The van der Waals surface area contributed by atoms with E-state index in [0.29, 0.717) is 6.61 Å². The molecule has 1 aromatic heterocycles. The summed E-state index contributed by atoms with van der Waals surface area (Å²) >= 11 is 1.14. The van der Waals surface area contributed by atoms with Crippen LogP contribution in [0.3, 0.4) is 0 Å². The topological polar surface area (TPSA) is 44.1 Å². The van der Waals surface area contributed by atoms with Crippen LogP contribution in [0.5, 0.6) is 0 Å². The van der Waals surface area contributed by atoms with Crippen molar-refractivity contribution in [3.63, 3.8) is 0 Å². The average molecular weight is 174 g/mol. The van der Waals surface area contributed by atoms with Gasteiger partial charge in [0.1, 0.15) is 11.7 Å². The molecule has 0 radical (unpaired) electrons. The summed E-state index contributed by atoms with van der Waals surface area (Å²) in [6.07, 6.45) is 0. The predicted octanol–water partition coefficient (Wildman–Crippen LogP) is 0.607. The van der Waals surface area contributed by atoms with Crippen molar-refractivity contribution in [2.75, 3.05) is 6.61 Å². The largest absolute Gasteiger partial charge is 0.359 e. The van der Waals surface area contributed by atoms with Gasteiger partial charge in [-0.2, -0.15) is 9.78 Å². The normalized spacial score (nSPS) is 10.4. The fraction of sp³-hybridized carbons (Fsp3) is 0.667. The number of ether oxygens (including phenoxy) is 1. The zero-order valence-corrected chi connectivity index (χ0v) is 7.35. The molecule has 0 atom stereocenters. The molecule has 0 N–H and O–H groups in total. The van der Waals surface area contributed by atoms with Gasteiger partial charge < -0.3 is 4.74 Å². The Labute approximate surface area is 68.4 Å². The Balaban J connectivity index is 2.70. The molecule has 0 amide bonds. The van der Waals surface area contributed by atoms with Crippen molar-refractivity contribution in [1.29, 1.82) is 0 Å². The first-order valence-corrected chi connectivity index (χ1v) is 4.18. The molecule has 1 rings (SSSR count). The Morgan fingerprint density at radius 2 is 2.45 bits per heavy atom. The average Bonchev–Trinajstić information content (AvgIpc) is 2.26. The molecule has 0 unspecified atom stereocenters. The van der Waals surface area contributed by atoms with Gasteiger partial charge >= 0.3 is 4.87 Å². The Kier molecular flexibility index (Phi) is 2.78. The number of aryl methyl sites for hydroxylation is 1. The molecule has 62 valence electrons. The van der Waals surface area contributed by atoms with Crippen molar-refractivity contribution >= 4 is 11.3 Å². The highest BCUT2D eigenvalue weighted by Gasteiger charge is 1.99. The fourth-order valence-corrected chi connectivity index (χ4v) is 1.26. The summed E-state index contributed by atoms with van der Waals surface area (Å²) in [6, 6.07) is 0. The van der Waals surface area contributed by atoms with Gasteiger partial charge in [0.05, 0.1) is 0 Å². The molecule has 0 saturated carbocycles. The van der Waals surface area contributed by atoms with E-state index in [1.54, 1.807) is 6.92 Å². The molecule has 1 aromatic rings. The first-order valence-electron chi connectivity index (χ1n) is 3.36. The molecular formula is C6H10N2O2S. The number of aromatic nitrogens is 2. The lowest BCUT2D eigenvalue weighted by Crippen LogP contribution is -2.16. The summed E-state index contributed by atoms with van der Waals surface area (Å²) in [4.78, 5) is 10.9. The molecule has 0 aliphatic carbocycles. The minimum absolute atomic E-state index is 0.0593. The Bertz CT molecular complexity index is 278. The van der Waals surface area contributed by atoms with Gasteiger partial charge in [0, 0.05) is 6.61 Å². The minimum Gasteiger partial charge on any atom is -0.359 e. The lowest BCUT2D eigenvalue weighted by molar-refractivity contribution is 0.0770. The Morgan fingerprint density at radius 3 is 2.91 bits per heavy atom. The molecule has 0 saturated heterocycles. The zero-order chi connectivity index (χ0) is 8.27. The van der Waals surface area contributed by atoms with E-state index in [1.165, 1.54) is 4.68 Å². The first kappa shape index (κ1) is 8.42. The van der Waals surface area contributed by atoms with Crippen molar-refractivity contribution < 1.29 is 4.74 Å². The van der Waals surface area contributed by atoms with Gasteiger partial charge in [-0.25, -0.2) is 0 Å². The summed E-state index contributed by atoms with van der Waals surface area (Å²) in [7, 11) is 0. The lowest BCUT2D eigenvalue weighted by Gasteiger charge is -1.97. The molecular weight excluding hydrogens is 164 g/mol. The summed E-state index contributed by atoms with van der Waals surface area (Å²) in [5.74, 6) is 0. The van der Waals surface area contributed by atoms with Crippen LogP contribution in [0.1, 0.15) is 11.9 Å². The highest BCUT2D eigenvalue weighted by Crippen LogP contribution is 1.94. The molecule has 0 aliphatic rings. The summed E-state index contributed by atoms with van der Waals surface area (Å²) in [6.45, 7) is 4.54. The van der Waals surface area contributed by atoms with Gasteiger partial charge in [-0.1, -0.05) is 11.3 Å². The number of hydrogen-bond donors (Lipinski definition) is 0. The first-order chi connectivity index (χ1) is 5.24. The molecule has 0 aromatic carbocycles. The molecule has 0 fully saturated rings. The van der Waals surface area contributed by atoms with Crippen molar-refractivity contribution in [1.82, 2.24) is 9.78 Å². The van der Waals surface area contributed by atoms with Gasteiger partial charge in [-0.3, -0.25) is 4.79 Å². The van der Waals surface area contributed by atoms with Crippen LogP contribution in [0.4, 0.5) is 0 Å². The molecule has 11 heavy (non-hydrogen) atoms. The number of hydrogen-bond acceptors (Lipinski definition) is 4. The fourth-order valence-electron chi connectivity index (χ4n) is 0.670. The van der Waals surface area contributed by atoms with Crippen LogP contribution in [0.25, 0.3) is 0 Å².